The van der Waals surface area contributed by atoms with Gasteiger partial charge in [-0.15, -0.1) is 16.4 Å². The Morgan fingerprint density at radius 3 is 2.87 bits per heavy atom. The zero-order valence-electron chi connectivity index (χ0n) is 12.7. The molecule has 0 unspecified atom stereocenters. The first-order valence-electron chi connectivity index (χ1n) is 7.41. The normalized spacial score (nSPS) is 15.6. The van der Waals surface area contributed by atoms with Gasteiger partial charge >= 0.3 is 5.97 Å². The molecule has 0 saturated carbocycles. The van der Waals surface area contributed by atoms with E-state index in [1.165, 1.54) is 22.3 Å². The Labute approximate surface area is 137 Å². The second kappa shape index (κ2) is 6.86. The van der Waals surface area contributed by atoms with Crippen LogP contribution in [0, 0.1) is 5.92 Å². The standard InChI is InChI=1S/C14H17N5O3S/c1-10-2-5-18(6-3-10)12(20)8-22-14(21)13-11(4-7-23-13)19-9-15-16-17-19/h4,7,9-10H,2-3,5-6,8H2,1H3. The Morgan fingerprint density at radius 1 is 1.39 bits per heavy atom. The molecule has 0 bridgehead atoms. The Kier molecular flexibility index (Phi) is 4.65. The Morgan fingerprint density at radius 2 is 2.17 bits per heavy atom. The summed E-state index contributed by atoms with van der Waals surface area (Å²) in [5.74, 6) is -0.0402. The van der Waals surface area contributed by atoms with Crippen molar-refractivity contribution in [2.24, 2.45) is 5.92 Å². The number of amides is 1. The fourth-order valence-corrected chi connectivity index (χ4v) is 3.22. The van der Waals surface area contributed by atoms with Crippen molar-refractivity contribution in [3.8, 4) is 5.69 Å². The lowest BCUT2D eigenvalue weighted by Crippen LogP contribution is -2.40. The molecule has 1 aliphatic rings. The molecule has 23 heavy (non-hydrogen) atoms. The number of tetrazole rings is 1. The number of hydrogen-bond donors (Lipinski definition) is 0. The molecule has 0 aliphatic carbocycles. The summed E-state index contributed by atoms with van der Waals surface area (Å²) in [6.07, 6.45) is 3.39. The molecule has 1 saturated heterocycles. The van der Waals surface area contributed by atoms with Gasteiger partial charge in [-0.05, 0) is 40.6 Å². The summed E-state index contributed by atoms with van der Waals surface area (Å²) in [4.78, 5) is 26.4. The molecule has 9 heteroatoms. The monoisotopic (exact) mass is 335 g/mol. The lowest BCUT2D eigenvalue weighted by molar-refractivity contribution is -0.135. The molecule has 1 amide bonds. The molecular formula is C14H17N5O3S. The minimum atomic E-state index is -0.538. The van der Waals surface area contributed by atoms with Crippen LogP contribution in [-0.2, 0) is 9.53 Å². The van der Waals surface area contributed by atoms with E-state index in [2.05, 4.69) is 22.4 Å². The van der Waals surface area contributed by atoms with Crippen LogP contribution in [-0.4, -0.2) is 56.7 Å². The van der Waals surface area contributed by atoms with E-state index in [0.717, 1.165) is 25.9 Å². The topological polar surface area (TPSA) is 90.2 Å². The Bertz CT molecular complexity index is 676. The fraction of sp³-hybridized carbons (Fsp3) is 0.500. The van der Waals surface area contributed by atoms with Gasteiger partial charge in [0.2, 0.25) is 0 Å². The highest BCUT2D eigenvalue weighted by Crippen LogP contribution is 2.21. The maximum atomic E-state index is 12.2. The van der Waals surface area contributed by atoms with E-state index in [0.29, 0.717) is 16.5 Å². The average Bonchev–Trinajstić information content (AvgIpc) is 3.23. The largest absolute Gasteiger partial charge is 0.451 e. The lowest BCUT2D eigenvalue weighted by atomic mass is 9.99. The molecule has 2 aromatic rings. The van der Waals surface area contributed by atoms with E-state index in [1.807, 2.05) is 0 Å². The molecule has 8 nitrogen and oxygen atoms in total. The maximum absolute atomic E-state index is 12.2. The van der Waals surface area contributed by atoms with Crippen molar-refractivity contribution in [1.82, 2.24) is 25.1 Å². The van der Waals surface area contributed by atoms with Crippen LogP contribution < -0.4 is 0 Å². The third-order valence-corrected chi connectivity index (χ3v) is 4.77. The number of aromatic nitrogens is 4. The number of hydrogen-bond acceptors (Lipinski definition) is 7. The summed E-state index contributed by atoms with van der Waals surface area (Å²) in [5.41, 5.74) is 0.546. The number of piperidine rings is 1. The highest BCUT2D eigenvalue weighted by Gasteiger charge is 2.23. The smallest absolute Gasteiger partial charge is 0.351 e. The zero-order chi connectivity index (χ0) is 16.2. The molecule has 0 atom stereocenters. The van der Waals surface area contributed by atoms with Crippen LogP contribution in [0.3, 0.4) is 0 Å². The number of likely N-dealkylation sites (tertiary alicyclic amines) is 1. The summed E-state index contributed by atoms with van der Waals surface area (Å²) in [6, 6.07) is 1.73. The number of carbonyl (C=O) groups excluding carboxylic acids is 2. The summed E-state index contributed by atoms with van der Waals surface area (Å²) in [6.45, 7) is 3.40. The van der Waals surface area contributed by atoms with Crippen LogP contribution in [0.5, 0.6) is 0 Å². The quantitative estimate of drug-likeness (QED) is 0.778. The Hall–Kier alpha value is -2.29. The van der Waals surface area contributed by atoms with Gasteiger partial charge in [0.05, 0.1) is 5.69 Å². The van der Waals surface area contributed by atoms with E-state index in [4.69, 9.17) is 4.74 Å². The van der Waals surface area contributed by atoms with Crippen molar-refractivity contribution >= 4 is 23.2 Å². The first-order valence-corrected chi connectivity index (χ1v) is 8.29. The van der Waals surface area contributed by atoms with Gasteiger partial charge < -0.3 is 9.64 Å². The van der Waals surface area contributed by atoms with Gasteiger partial charge in [0.15, 0.2) is 6.61 Å². The van der Waals surface area contributed by atoms with Crippen molar-refractivity contribution < 1.29 is 14.3 Å². The lowest BCUT2D eigenvalue weighted by Gasteiger charge is -2.30. The molecule has 3 heterocycles. The summed E-state index contributed by atoms with van der Waals surface area (Å²) in [7, 11) is 0. The second-order valence-corrected chi connectivity index (χ2v) is 6.44. The van der Waals surface area contributed by atoms with Gasteiger partial charge in [-0.3, -0.25) is 4.79 Å². The maximum Gasteiger partial charge on any atom is 0.351 e. The number of ether oxygens (including phenoxy) is 1. The number of esters is 1. The molecule has 2 aromatic heterocycles. The zero-order valence-corrected chi connectivity index (χ0v) is 13.5. The molecule has 122 valence electrons. The summed E-state index contributed by atoms with van der Waals surface area (Å²) < 4.78 is 6.56. The van der Waals surface area contributed by atoms with Crippen LogP contribution in [0.2, 0.25) is 0 Å². The van der Waals surface area contributed by atoms with E-state index in [9.17, 15) is 9.59 Å². The minimum Gasteiger partial charge on any atom is -0.451 e. The van der Waals surface area contributed by atoms with E-state index in [1.54, 1.807) is 16.3 Å². The number of carbonyl (C=O) groups is 2. The van der Waals surface area contributed by atoms with Crippen molar-refractivity contribution in [3.63, 3.8) is 0 Å². The van der Waals surface area contributed by atoms with Gasteiger partial charge in [-0.1, -0.05) is 6.92 Å². The molecule has 0 N–H and O–H groups in total. The van der Waals surface area contributed by atoms with E-state index >= 15 is 0 Å². The predicted molar refractivity (Wildman–Crippen MR) is 82.3 cm³/mol. The SMILES string of the molecule is CC1CCN(C(=O)COC(=O)c2sccc2-n2cnnn2)CC1. The fourth-order valence-electron chi connectivity index (χ4n) is 2.45. The molecular weight excluding hydrogens is 318 g/mol. The third-order valence-electron chi connectivity index (χ3n) is 3.89. The molecule has 0 spiro atoms. The highest BCUT2D eigenvalue weighted by atomic mass is 32.1. The van der Waals surface area contributed by atoms with Crippen LogP contribution in [0.15, 0.2) is 17.8 Å². The molecule has 1 fully saturated rings. The molecule has 0 aromatic carbocycles. The van der Waals surface area contributed by atoms with Gasteiger partial charge in [0.25, 0.3) is 5.91 Å². The van der Waals surface area contributed by atoms with Gasteiger partial charge in [-0.25, -0.2) is 4.79 Å². The van der Waals surface area contributed by atoms with Crippen LogP contribution in [0.1, 0.15) is 29.4 Å². The van der Waals surface area contributed by atoms with Gasteiger partial charge in [0.1, 0.15) is 11.2 Å². The van der Waals surface area contributed by atoms with Gasteiger partial charge in [-0.2, -0.15) is 4.68 Å². The number of rotatable bonds is 4. The third kappa shape index (κ3) is 3.55. The minimum absolute atomic E-state index is 0.147. The second-order valence-electron chi connectivity index (χ2n) is 5.53. The highest BCUT2D eigenvalue weighted by molar-refractivity contribution is 7.12. The number of thiophene rings is 1. The average molecular weight is 335 g/mol. The van der Waals surface area contributed by atoms with Crippen molar-refractivity contribution in [3.05, 3.63) is 22.7 Å². The summed E-state index contributed by atoms with van der Waals surface area (Å²) in [5, 5.41) is 12.6. The first-order chi connectivity index (χ1) is 11.1. The van der Waals surface area contributed by atoms with Crippen LogP contribution in [0.25, 0.3) is 5.69 Å². The molecule has 0 radical (unpaired) electrons. The van der Waals surface area contributed by atoms with Crippen LogP contribution >= 0.6 is 11.3 Å². The molecule has 3 rings (SSSR count). The summed E-state index contributed by atoms with van der Waals surface area (Å²) >= 11 is 1.23. The van der Waals surface area contributed by atoms with Crippen molar-refractivity contribution in [2.75, 3.05) is 19.7 Å². The van der Waals surface area contributed by atoms with Crippen molar-refractivity contribution in [2.45, 2.75) is 19.8 Å². The van der Waals surface area contributed by atoms with Crippen LogP contribution in [0.4, 0.5) is 0 Å². The van der Waals surface area contributed by atoms with Crippen molar-refractivity contribution in [1.29, 1.82) is 0 Å². The molecule has 1 aliphatic heterocycles. The van der Waals surface area contributed by atoms with Gasteiger partial charge in [0, 0.05) is 13.1 Å². The Balaban J connectivity index is 1.58. The van der Waals surface area contributed by atoms with E-state index < -0.39 is 5.97 Å². The van der Waals surface area contributed by atoms with E-state index in [-0.39, 0.29) is 12.5 Å². The first kappa shape index (κ1) is 15.6. The number of nitrogens with zero attached hydrogens (tertiary/aromatic N) is 5. The predicted octanol–water partition coefficient (Wildman–Crippen LogP) is 1.14.